The molecule has 0 aromatic heterocycles. The van der Waals surface area contributed by atoms with E-state index in [1.54, 1.807) is 0 Å². The third-order valence-electron chi connectivity index (χ3n) is 3.63. The lowest BCUT2D eigenvalue weighted by atomic mass is 9.95. The molecule has 98 valence electrons. The van der Waals surface area contributed by atoms with Crippen molar-refractivity contribution >= 4 is 5.97 Å². The highest BCUT2D eigenvalue weighted by atomic mass is 16.5. The molecule has 1 atom stereocenters. The minimum absolute atomic E-state index is 0.118. The van der Waals surface area contributed by atoms with Crippen LogP contribution in [0, 0.1) is 0 Å². The van der Waals surface area contributed by atoms with Crippen LogP contribution >= 0.6 is 0 Å². The van der Waals surface area contributed by atoms with Crippen molar-refractivity contribution in [3.8, 4) is 0 Å². The minimum Gasteiger partial charge on any atom is -0.469 e. The Morgan fingerprint density at radius 3 is 2.83 bits per heavy atom. The summed E-state index contributed by atoms with van der Waals surface area (Å²) in [5.41, 5.74) is 1.36. The summed E-state index contributed by atoms with van der Waals surface area (Å²) in [7, 11) is 1.45. The zero-order valence-electron chi connectivity index (χ0n) is 11.0. The summed E-state index contributed by atoms with van der Waals surface area (Å²) in [4.78, 5) is 13.7. The van der Waals surface area contributed by atoms with Gasteiger partial charge in [0.25, 0.3) is 0 Å². The molecule has 0 saturated carbocycles. The van der Waals surface area contributed by atoms with Crippen LogP contribution in [0.3, 0.4) is 0 Å². The molecule has 3 nitrogen and oxygen atoms in total. The molecule has 0 bridgehead atoms. The van der Waals surface area contributed by atoms with E-state index < -0.39 is 0 Å². The average Bonchev–Trinajstić information content (AvgIpc) is 2.46. The van der Waals surface area contributed by atoms with Crippen molar-refractivity contribution in [1.82, 2.24) is 4.90 Å². The highest BCUT2D eigenvalue weighted by molar-refractivity contribution is 5.69. The Hall–Kier alpha value is -1.35. The fourth-order valence-electron chi connectivity index (χ4n) is 2.65. The second kappa shape index (κ2) is 6.55. The lowest BCUT2D eigenvalue weighted by Crippen LogP contribution is -2.35. The van der Waals surface area contributed by atoms with Gasteiger partial charge in [-0.25, -0.2) is 0 Å². The van der Waals surface area contributed by atoms with Crippen molar-refractivity contribution in [2.24, 2.45) is 0 Å². The summed E-state index contributed by atoms with van der Waals surface area (Å²) in [5.74, 6) is -0.118. The first-order chi connectivity index (χ1) is 8.81. The van der Waals surface area contributed by atoms with Crippen LogP contribution in [-0.2, 0) is 9.53 Å². The van der Waals surface area contributed by atoms with Gasteiger partial charge >= 0.3 is 5.97 Å². The van der Waals surface area contributed by atoms with Crippen LogP contribution < -0.4 is 0 Å². The molecular weight excluding hydrogens is 226 g/mol. The molecule has 0 aliphatic carbocycles. The quantitative estimate of drug-likeness (QED) is 0.766. The van der Waals surface area contributed by atoms with E-state index in [4.69, 9.17) is 4.74 Å². The van der Waals surface area contributed by atoms with Gasteiger partial charge in [-0.2, -0.15) is 0 Å². The number of methoxy groups -OCH3 is 1. The monoisotopic (exact) mass is 247 g/mol. The van der Waals surface area contributed by atoms with E-state index >= 15 is 0 Å². The molecule has 0 N–H and O–H groups in total. The van der Waals surface area contributed by atoms with Crippen LogP contribution in [0.4, 0.5) is 0 Å². The number of rotatable bonds is 4. The van der Waals surface area contributed by atoms with E-state index in [1.165, 1.54) is 31.9 Å². The van der Waals surface area contributed by atoms with Gasteiger partial charge in [0.05, 0.1) is 13.5 Å². The first-order valence-corrected chi connectivity index (χ1v) is 6.67. The van der Waals surface area contributed by atoms with Crippen molar-refractivity contribution in [2.75, 3.05) is 20.2 Å². The van der Waals surface area contributed by atoms with Crippen LogP contribution in [0.1, 0.15) is 37.3 Å². The lowest BCUT2D eigenvalue weighted by molar-refractivity contribution is -0.141. The number of hydrogen-bond donors (Lipinski definition) is 0. The molecule has 1 unspecified atom stereocenters. The van der Waals surface area contributed by atoms with E-state index in [9.17, 15) is 4.79 Å². The number of carbonyl (C=O) groups is 1. The zero-order valence-corrected chi connectivity index (χ0v) is 11.0. The molecule has 0 spiro atoms. The third-order valence-corrected chi connectivity index (χ3v) is 3.63. The highest BCUT2D eigenvalue weighted by Crippen LogP contribution is 2.30. The summed E-state index contributed by atoms with van der Waals surface area (Å²) in [6, 6.07) is 11.0. The first kappa shape index (κ1) is 13.1. The number of likely N-dealkylation sites (tertiary alicyclic amines) is 1. The molecule has 18 heavy (non-hydrogen) atoms. The topological polar surface area (TPSA) is 29.5 Å². The number of esters is 1. The number of piperidine rings is 1. The Balaban J connectivity index is 2.00. The summed E-state index contributed by atoms with van der Waals surface area (Å²) in [6.45, 7) is 1.88. The van der Waals surface area contributed by atoms with Crippen LogP contribution in [0.5, 0.6) is 0 Å². The molecule has 0 amide bonds. The third kappa shape index (κ3) is 3.33. The summed E-state index contributed by atoms with van der Waals surface area (Å²) in [5, 5.41) is 0. The molecule has 0 radical (unpaired) electrons. The molecule has 3 heteroatoms. The molecule has 2 rings (SSSR count). The molecule has 1 aromatic rings. The Bertz CT molecular complexity index is 377. The standard InChI is InChI=1S/C15H21NO2/c1-18-15(17)10-12-16-11-6-5-9-14(16)13-7-3-2-4-8-13/h2-4,7-8,14H,5-6,9-12H2,1H3. The van der Waals surface area contributed by atoms with Gasteiger partial charge < -0.3 is 4.74 Å². The Kier molecular flexibility index (Phi) is 4.76. The molecule has 1 saturated heterocycles. The molecular formula is C15H21NO2. The Labute approximate surface area is 109 Å². The largest absolute Gasteiger partial charge is 0.469 e. The predicted octanol–water partition coefficient (Wildman–Crippen LogP) is 2.78. The summed E-state index contributed by atoms with van der Waals surface area (Å²) < 4.78 is 4.72. The maximum atomic E-state index is 11.2. The maximum absolute atomic E-state index is 11.2. The van der Waals surface area contributed by atoms with Crippen molar-refractivity contribution in [2.45, 2.75) is 31.7 Å². The summed E-state index contributed by atoms with van der Waals surface area (Å²) >= 11 is 0. The fourth-order valence-corrected chi connectivity index (χ4v) is 2.65. The number of nitrogens with zero attached hydrogens (tertiary/aromatic N) is 1. The molecule has 1 fully saturated rings. The SMILES string of the molecule is COC(=O)CCN1CCCCC1c1ccccc1. The van der Waals surface area contributed by atoms with Gasteiger partial charge in [-0.15, -0.1) is 0 Å². The zero-order chi connectivity index (χ0) is 12.8. The molecule has 1 heterocycles. The fraction of sp³-hybridized carbons (Fsp3) is 0.533. The van der Waals surface area contributed by atoms with Crippen molar-refractivity contribution in [3.05, 3.63) is 35.9 Å². The Morgan fingerprint density at radius 2 is 2.11 bits per heavy atom. The molecule has 1 aliphatic heterocycles. The maximum Gasteiger partial charge on any atom is 0.306 e. The van der Waals surface area contributed by atoms with E-state index in [1.807, 2.05) is 6.07 Å². The van der Waals surface area contributed by atoms with Gasteiger partial charge in [-0.1, -0.05) is 36.8 Å². The van der Waals surface area contributed by atoms with Gasteiger partial charge in [-0.05, 0) is 24.9 Å². The molecule has 1 aromatic carbocycles. The number of carbonyl (C=O) groups excluding carboxylic acids is 1. The van der Waals surface area contributed by atoms with Crippen molar-refractivity contribution in [1.29, 1.82) is 0 Å². The van der Waals surface area contributed by atoms with Gasteiger partial charge in [0.1, 0.15) is 0 Å². The van der Waals surface area contributed by atoms with E-state index in [-0.39, 0.29) is 5.97 Å². The second-order valence-corrected chi connectivity index (χ2v) is 4.78. The van der Waals surface area contributed by atoms with Gasteiger partial charge in [0.2, 0.25) is 0 Å². The highest BCUT2D eigenvalue weighted by Gasteiger charge is 2.23. The molecule has 1 aliphatic rings. The van der Waals surface area contributed by atoms with Crippen LogP contribution in [-0.4, -0.2) is 31.1 Å². The predicted molar refractivity (Wildman–Crippen MR) is 71.2 cm³/mol. The van der Waals surface area contributed by atoms with Crippen LogP contribution in [0.25, 0.3) is 0 Å². The van der Waals surface area contributed by atoms with Crippen LogP contribution in [0.2, 0.25) is 0 Å². The first-order valence-electron chi connectivity index (χ1n) is 6.67. The smallest absolute Gasteiger partial charge is 0.306 e. The number of hydrogen-bond acceptors (Lipinski definition) is 3. The number of ether oxygens (including phenoxy) is 1. The van der Waals surface area contributed by atoms with E-state index in [2.05, 4.69) is 29.2 Å². The normalized spacial score (nSPS) is 20.6. The number of benzene rings is 1. The summed E-state index contributed by atoms with van der Waals surface area (Å²) in [6.07, 6.45) is 4.17. The van der Waals surface area contributed by atoms with E-state index in [0.29, 0.717) is 12.5 Å². The van der Waals surface area contributed by atoms with Crippen molar-refractivity contribution < 1.29 is 9.53 Å². The lowest BCUT2D eigenvalue weighted by Gasteiger charge is -2.35. The van der Waals surface area contributed by atoms with Crippen molar-refractivity contribution in [3.63, 3.8) is 0 Å². The average molecular weight is 247 g/mol. The van der Waals surface area contributed by atoms with E-state index in [0.717, 1.165) is 13.1 Å². The van der Waals surface area contributed by atoms with Gasteiger partial charge in [0, 0.05) is 12.6 Å². The van der Waals surface area contributed by atoms with Crippen LogP contribution in [0.15, 0.2) is 30.3 Å². The van der Waals surface area contributed by atoms with Gasteiger partial charge in [0.15, 0.2) is 0 Å². The minimum atomic E-state index is -0.118. The second-order valence-electron chi connectivity index (χ2n) is 4.78. The van der Waals surface area contributed by atoms with Gasteiger partial charge in [-0.3, -0.25) is 9.69 Å². The Morgan fingerprint density at radius 1 is 1.33 bits per heavy atom.